The molecule has 72 valence electrons. The molecule has 0 bridgehead atoms. The van der Waals surface area contributed by atoms with E-state index in [2.05, 4.69) is 36.4 Å². The van der Waals surface area contributed by atoms with E-state index in [1.165, 1.54) is 0 Å². The molecule has 1 N–H and O–H groups in total. The molecule has 0 unspecified atom stereocenters. The number of rotatable bonds is 2. The fourth-order valence-electron chi connectivity index (χ4n) is 0.971. The van der Waals surface area contributed by atoms with Crippen LogP contribution in [-0.2, 0) is 0 Å². The van der Waals surface area contributed by atoms with Gasteiger partial charge in [-0.1, -0.05) is 5.16 Å². The van der Waals surface area contributed by atoms with Crippen LogP contribution in [-0.4, -0.2) is 22.2 Å². The minimum absolute atomic E-state index is 0.373. The van der Waals surface area contributed by atoms with Crippen molar-refractivity contribution >= 4 is 21.9 Å². The molecule has 2 aromatic rings. The highest BCUT2D eigenvalue weighted by Gasteiger charge is 2.10. The second-order valence-electron chi connectivity index (χ2n) is 2.51. The van der Waals surface area contributed by atoms with E-state index in [1.807, 2.05) is 12.1 Å². The molecule has 0 saturated carbocycles. The van der Waals surface area contributed by atoms with Crippen LogP contribution in [0.2, 0.25) is 0 Å². The van der Waals surface area contributed by atoms with Crippen molar-refractivity contribution in [1.29, 1.82) is 0 Å². The fourth-order valence-corrected chi connectivity index (χ4v) is 1.40. The van der Waals surface area contributed by atoms with Crippen LogP contribution >= 0.6 is 15.9 Å². The molecular weight excluding hydrogens is 248 g/mol. The molecular formula is C8H7BrN4O. The average molecular weight is 255 g/mol. The van der Waals surface area contributed by atoms with E-state index in [0.29, 0.717) is 17.5 Å². The molecule has 0 saturated heterocycles. The van der Waals surface area contributed by atoms with Crippen LogP contribution in [0.25, 0.3) is 11.5 Å². The number of nitrogens with zero attached hydrogens (tertiary/aromatic N) is 3. The number of pyridine rings is 1. The molecule has 0 spiro atoms. The lowest BCUT2D eigenvalue weighted by Gasteiger charge is -1.94. The summed E-state index contributed by atoms with van der Waals surface area (Å²) in [6.45, 7) is 0. The first-order valence-electron chi connectivity index (χ1n) is 3.93. The van der Waals surface area contributed by atoms with E-state index in [9.17, 15) is 0 Å². The van der Waals surface area contributed by atoms with E-state index in [1.54, 1.807) is 13.2 Å². The lowest BCUT2D eigenvalue weighted by molar-refractivity contribution is 0.434. The van der Waals surface area contributed by atoms with Gasteiger partial charge in [0.05, 0.1) is 0 Å². The topological polar surface area (TPSA) is 63.8 Å². The van der Waals surface area contributed by atoms with Gasteiger partial charge in [-0.3, -0.25) is 4.98 Å². The van der Waals surface area contributed by atoms with Gasteiger partial charge in [0.15, 0.2) is 0 Å². The standard InChI is InChI=1S/C8H7BrN4O/c1-10-8-12-7(13-14-8)6-5(9)3-2-4-11-6/h2-4H,1H3,(H,10,12,13). The number of aromatic nitrogens is 3. The lowest BCUT2D eigenvalue weighted by atomic mass is 10.3. The predicted octanol–water partition coefficient (Wildman–Crippen LogP) is 1.94. The third kappa shape index (κ3) is 1.60. The first-order chi connectivity index (χ1) is 6.81. The van der Waals surface area contributed by atoms with Gasteiger partial charge in [-0.25, -0.2) is 0 Å². The summed E-state index contributed by atoms with van der Waals surface area (Å²) in [7, 11) is 1.71. The molecule has 0 aliphatic carbocycles. The molecule has 6 heteroatoms. The normalized spacial score (nSPS) is 10.1. The van der Waals surface area contributed by atoms with Gasteiger partial charge in [-0.2, -0.15) is 4.98 Å². The van der Waals surface area contributed by atoms with Crippen molar-refractivity contribution in [2.24, 2.45) is 0 Å². The van der Waals surface area contributed by atoms with Crippen LogP contribution in [0.3, 0.4) is 0 Å². The van der Waals surface area contributed by atoms with Crippen LogP contribution in [0.1, 0.15) is 0 Å². The van der Waals surface area contributed by atoms with Gasteiger partial charge in [0.25, 0.3) is 0 Å². The van der Waals surface area contributed by atoms with Gasteiger partial charge in [0.2, 0.25) is 5.82 Å². The van der Waals surface area contributed by atoms with Gasteiger partial charge in [-0.15, -0.1) is 0 Å². The summed E-state index contributed by atoms with van der Waals surface area (Å²) in [6.07, 6.45) is 1.68. The fraction of sp³-hybridized carbons (Fsp3) is 0.125. The Morgan fingerprint density at radius 3 is 3.00 bits per heavy atom. The quantitative estimate of drug-likeness (QED) is 0.888. The highest BCUT2D eigenvalue weighted by Crippen LogP contribution is 2.23. The Labute approximate surface area is 88.7 Å². The number of hydrogen-bond donors (Lipinski definition) is 1. The highest BCUT2D eigenvalue weighted by molar-refractivity contribution is 9.10. The van der Waals surface area contributed by atoms with Crippen LogP contribution in [0.4, 0.5) is 6.01 Å². The van der Waals surface area contributed by atoms with Gasteiger partial charge in [0.1, 0.15) is 5.69 Å². The van der Waals surface area contributed by atoms with E-state index < -0.39 is 0 Å². The third-order valence-corrected chi connectivity index (χ3v) is 2.25. The van der Waals surface area contributed by atoms with E-state index in [0.717, 1.165) is 4.47 Å². The van der Waals surface area contributed by atoms with Crippen molar-refractivity contribution < 1.29 is 4.52 Å². The third-order valence-electron chi connectivity index (χ3n) is 1.61. The second-order valence-corrected chi connectivity index (χ2v) is 3.36. The summed E-state index contributed by atoms with van der Waals surface area (Å²) >= 11 is 3.36. The maximum atomic E-state index is 4.89. The van der Waals surface area contributed by atoms with Crippen molar-refractivity contribution in [3.63, 3.8) is 0 Å². The Balaban J connectivity index is 2.44. The molecule has 0 fully saturated rings. The predicted molar refractivity (Wildman–Crippen MR) is 54.8 cm³/mol. The van der Waals surface area contributed by atoms with E-state index in [4.69, 9.17) is 4.52 Å². The number of nitrogens with one attached hydrogen (secondary N) is 1. The first kappa shape index (κ1) is 9.14. The van der Waals surface area contributed by atoms with Crippen LogP contribution in [0.5, 0.6) is 0 Å². The largest absolute Gasteiger partial charge is 0.341 e. The summed E-state index contributed by atoms with van der Waals surface area (Å²) in [5, 5.41) is 6.53. The molecule has 2 rings (SSSR count). The zero-order chi connectivity index (χ0) is 9.97. The maximum Gasteiger partial charge on any atom is 0.321 e. The molecule has 0 radical (unpaired) electrons. The minimum Gasteiger partial charge on any atom is -0.341 e. The molecule has 0 aliphatic heterocycles. The van der Waals surface area contributed by atoms with Crippen molar-refractivity contribution in [2.45, 2.75) is 0 Å². The Morgan fingerprint density at radius 1 is 1.50 bits per heavy atom. The molecule has 0 atom stereocenters. The molecule has 14 heavy (non-hydrogen) atoms. The lowest BCUT2D eigenvalue weighted by Crippen LogP contribution is -1.89. The summed E-state index contributed by atoms with van der Waals surface area (Å²) in [6, 6.07) is 4.07. The van der Waals surface area contributed by atoms with Crippen LogP contribution in [0.15, 0.2) is 27.3 Å². The number of halogens is 1. The molecule has 0 aliphatic rings. The Hall–Kier alpha value is -1.43. The monoisotopic (exact) mass is 254 g/mol. The highest BCUT2D eigenvalue weighted by atomic mass is 79.9. The summed E-state index contributed by atoms with van der Waals surface area (Å²) < 4.78 is 5.73. The summed E-state index contributed by atoms with van der Waals surface area (Å²) in [5.74, 6) is 0.460. The van der Waals surface area contributed by atoms with Crippen molar-refractivity contribution in [3.8, 4) is 11.5 Å². The minimum atomic E-state index is 0.373. The number of anilines is 1. The van der Waals surface area contributed by atoms with Crippen molar-refractivity contribution in [1.82, 2.24) is 15.1 Å². The zero-order valence-corrected chi connectivity index (χ0v) is 8.95. The maximum absolute atomic E-state index is 4.89. The van der Waals surface area contributed by atoms with Crippen molar-refractivity contribution in [2.75, 3.05) is 12.4 Å². The smallest absolute Gasteiger partial charge is 0.321 e. The van der Waals surface area contributed by atoms with Gasteiger partial charge >= 0.3 is 6.01 Å². The molecule has 0 aromatic carbocycles. The SMILES string of the molecule is CNc1nc(-c2ncccc2Br)no1. The van der Waals surface area contributed by atoms with Gasteiger partial charge in [0, 0.05) is 17.7 Å². The van der Waals surface area contributed by atoms with Crippen molar-refractivity contribution in [3.05, 3.63) is 22.8 Å². The Bertz CT molecular complexity index is 442. The summed E-state index contributed by atoms with van der Waals surface area (Å²) in [5.41, 5.74) is 0.665. The molecule has 2 aromatic heterocycles. The molecule has 2 heterocycles. The molecule has 5 nitrogen and oxygen atoms in total. The van der Waals surface area contributed by atoms with Crippen LogP contribution in [0, 0.1) is 0 Å². The average Bonchev–Trinajstić information content (AvgIpc) is 2.67. The zero-order valence-electron chi connectivity index (χ0n) is 7.36. The Morgan fingerprint density at radius 2 is 2.36 bits per heavy atom. The second kappa shape index (κ2) is 3.75. The number of hydrogen-bond acceptors (Lipinski definition) is 5. The molecule has 0 amide bonds. The van der Waals surface area contributed by atoms with E-state index >= 15 is 0 Å². The Kier molecular flexibility index (Phi) is 2.45. The summed E-state index contributed by atoms with van der Waals surface area (Å²) in [4.78, 5) is 8.21. The van der Waals surface area contributed by atoms with Crippen LogP contribution < -0.4 is 5.32 Å². The van der Waals surface area contributed by atoms with Gasteiger partial charge < -0.3 is 9.84 Å². The first-order valence-corrected chi connectivity index (χ1v) is 4.73. The van der Waals surface area contributed by atoms with E-state index in [-0.39, 0.29) is 0 Å². The van der Waals surface area contributed by atoms with Gasteiger partial charge in [-0.05, 0) is 28.1 Å².